The molecule has 5 heteroatoms. The van der Waals surface area contributed by atoms with Gasteiger partial charge < -0.3 is 5.11 Å². The smallest absolute Gasteiger partial charge is 0.309 e. The van der Waals surface area contributed by atoms with E-state index in [-0.39, 0.29) is 0 Å². The third-order valence-corrected chi connectivity index (χ3v) is 3.17. The van der Waals surface area contributed by atoms with Crippen molar-refractivity contribution in [2.24, 2.45) is 5.41 Å². The average Bonchev–Trinajstić information content (AvgIpc) is 2.20. The SMILES string of the molecule is Cc1cnc(SCCC(C)(C)C(=O)O)nc1. The molecule has 0 atom stereocenters. The van der Waals surface area contributed by atoms with Crippen molar-refractivity contribution in [3.63, 3.8) is 0 Å². The second-order valence-corrected chi connectivity index (χ2v) is 5.39. The lowest BCUT2D eigenvalue weighted by Crippen LogP contribution is -2.24. The summed E-state index contributed by atoms with van der Waals surface area (Å²) in [4.78, 5) is 19.2. The molecule has 0 aromatic carbocycles. The van der Waals surface area contributed by atoms with Gasteiger partial charge in [-0.15, -0.1) is 0 Å². The van der Waals surface area contributed by atoms with Gasteiger partial charge in [0.1, 0.15) is 0 Å². The standard InChI is InChI=1S/C11H16N2O2S/c1-8-6-12-10(13-7-8)16-5-4-11(2,3)9(14)15/h6-7H,4-5H2,1-3H3,(H,14,15). The summed E-state index contributed by atoms with van der Waals surface area (Å²) in [5.41, 5.74) is 0.341. The minimum absolute atomic E-state index is 0.601. The zero-order valence-corrected chi connectivity index (χ0v) is 10.5. The van der Waals surface area contributed by atoms with Crippen LogP contribution < -0.4 is 0 Å². The third kappa shape index (κ3) is 3.81. The van der Waals surface area contributed by atoms with Gasteiger partial charge in [0.15, 0.2) is 5.16 Å². The van der Waals surface area contributed by atoms with E-state index in [0.29, 0.717) is 17.3 Å². The molecule has 0 unspecified atom stereocenters. The first-order valence-electron chi connectivity index (χ1n) is 5.07. The van der Waals surface area contributed by atoms with Crippen molar-refractivity contribution in [2.75, 3.05) is 5.75 Å². The minimum Gasteiger partial charge on any atom is -0.481 e. The van der Waals surface area contributed by atoms with Crippen molar-refractivity contribution >= 4 is 17.7 Å². The molecule has 1 heterocycles. The van der Waals surface area contributed by atoms with Crippen LogP contribution in [0.1, 0.15) is 25.8 Å². The summed E-state index contributed by atoms with van der Waals surface area (Å²) in [6.45, 7) is 5.39. The zero-order chi connectivity index (χ0) is 12.2. The number of aliphatic carboxylic acids is 1. The van der Waals surface area contributed by atoms with E-state index in [9.17, 15) is 4.79 Å². The minimum atomic E-state index is -0.766. The summed E-state index contributed by atoms with van der Waals surface area (Å²) in [6, 6.07) is 0. The van der Waals surface area contributed by atoms with E-state index in [2.05, 4.69) is 9.97 Å². The van der Waals surface area contributed by atoms with Crippen molar-refractivity contribution in [3.8, 4) is 0 Å². The summed E-state index contributed by atoms with van der Waals surface area (Å²) in [5.74, 6) is -0.0551. The van der Waals surface area contributed by atoms with Gasteiger partial charge in [0, 0.05) is 18.1 Å². The molecular formula is C11H16N2O2S. The first kappa shape index (κ1) is 13.0. The number of thioether (sulfide) groups is 1. The van der Waals surface area contributed by atoms with Crippen molar-refractivity contribution in [1.29, 1.82) is 0 Å². The van der Waals surface area contributed by atoms with Gasteiger partial charge in [-0.25, -0.2) is 9.97 Å². The molecule has 0 spiro atoms. The second kappa shape index (κ2) is 5.30. The Kier molecular flexibility index (Phi) is 4.29. The monoisotopic (exact) mass is 240 g/mol. The van der Waals surface area contributed by atoms with Gasteiger partial charge >= 0.3 is 5.97 Å². The van der Waals surface area contributed by atoms with Crippen LogP contribution in [0.5, 0.6) is 0 Å². The Bertz CT molecular complexity index is 363. The van der Waals surface area contributed by atoms with Crippen LogP contribution in [0, 0.1) is 12.3 Å². The van der Waals surface area contributed by atoms with Crippen LogP contribution in [-0.2, 0) is 4.79 Å². The van der Waals surface area contributed by atoms with E-state index < -0.39 is 11.4 Å². The van der Waals surface area contributed by atoms with Gasteiger partial charge in [0.05, 0.1) is 5.41 Å². The first-order chi connectivity index (χ1) is 7.42. The van der Waals surface area contributed by atoms with E-state index in [0.717, 1.165) is 5.56 Å². The van der Waals surface area contributed by atoms with Gasteiger partial charge in [-0.05, 0) is 32.8 Å². The Morgan fingerprint density at radius 2 is 2.00 bits per heavy atom. The Hall–Kier alpha value is -1.10. The fourth-order valence-corrected chi connectivity index (χ4v) is 2.01. The molecule has 0 radical (unpaired) electrons. The number of aromatic nitrogens is 2. The molecule has 0 fully saturated rings. The number of carboxylic acid groups (broad SMARTS) is 1. The number of carboxylic acids is 1. The Morgan fingerprint density at radius 1 is 1.44 bits per heavy atom. The molecule has 88 valence electrons. The Labute approximate surface area is 99.5 Å². The normalized spacial score (nSPS) is 11.4. The van der Waals surface area contributed by atoms with E-state index >= 15 is 0 Å². The summed E-state index contributed by atoms with van der Waals surface area (Å²) >= 11 is 1.49. The van der Waals surface area contributed by atoms with Crippen LogP contribution in [0.4, 0.5) is 0 Å². The highest BCUT2D eigenvalue weighted by atomic mass is 32.2. The maximum absolute atomic E-state index is 10.9. The Balaban J connectivity index is 2.41. The molecule has 0 bridgehead atoms. The van der Waals surface area contributed by atoms with Gasteiger partial charge in [-0.1, -0.05) is 11.8 Å². The fourth-order valence-electron chi connectivity index (χ4n) is 0.960. The second-order valence-electron chi connectivity index (χ2n) is 4.33. The maximum atomic E-state index is 10.9. The van der Waals surface area contributed by atoms with Gasteiger partial charge in [0.25, 0.3) is 0 Å². The molecule has 0 saturated heterocycles. The molecule has 0 aliphatic heterocycles. The lowest BCUT2D eigenvalue weighted by molar-refractivity contribution is -0.146. The fraction of sp³-hybridized carbons (Fsp3) is 0.545. The van der Waals surface area contributed by atoms with Crippen LogP contribution >= 0.6 is 11.8 Å². The summed E-state index contributed by atoms with van der Waals surface area (Å²) in [5, 5.41) is 9.64. The van der Waals surface area contributed by atoms with E-state index in [1.54, 1.807) is 26.2 Å². The van der Waals surface area contributed by atoms with Crippen molar-refractivity contribution in [2.45, 2.75) is 32.3 Å². The molecule has 0 aliphatic rings. The van der Waals surface area contributed by atoms with Crippen LogP contribution in [0.25, 0.3) is 0 Å². The molecule has 0 amide bonds. The largest absolute Gasteiger partial charge is 0.481 e. The lowest BCUT2D eigenvalue weighted by atomic mass is 9.91. The van der Waals surface area contributed by atoms with Gasteiger partial charge in [0.2, 0.25) is 0 Å². The summed E-state index contributed by atoms with van der Waals surface area (Å²) in [6.07, 6.45) is 4.12. The summed E-state index contributed by atoms with van der Waals surface area (Å²) < 4.78 is 0. The van der Waals surface area contributed by atoms with E-state index in [1.807, 2.05) is 6.92 Å². The van der Waals surface area contributed by atoms with Crippen molar-refractivity contribution in [1.82, 2.24) is 9.97 Å². The highest BCUT2D eigenvalue weighted by Crippen LogP contribution is 2.24. The molecule has 1 aromatic heterocycles. The van der Waals surface area contributed by atoms with E-state index in [1.165, 1.54) is 11.8 Å². The molecule has 1 rings (SSSR count). The predicted octanol–water partition coefficient (Wildman–Crippen LogP) is 2.38. The molecule has 4 nitrogen and oxygen atoms in total. The number of hydrogen-bond acceptors (Lipinski definition) is 4. The maximum Gasteiger partial charge on any atom is 0.309 e. The molecule has 16 heavy (non-hydrogen) atoms. The molecular weight excluding hydrogens is 224 g/mol. The predicted molar refractivity (Wildman–Crippen MR) is 63.5 cm³/mol. The van der Waals surface area contributed by atoms with Crippen LogP contribution in [0.15, 0.2) is 17.6 Å². The molecule has 1 N–H and O–H groups in total. The average molecular weight is 240 g/mol. The number of aryl methyl sites for hydroxylation is 1. The number of rotatable bonds is 5. The lowest BCUT2D eigenvalue weighted by Gasteiger charge is -2.17. The van der Waals surface area contributed by atoms with Gasteiger partial charge in [-0.3, -0.25) is 4.79 Å². The van der Waals surface area contributed by atoms with E-state index in [4.69, 9.17) is 5.11 Å². The molecule has 1 aromatic rings. The highest BCUT2D eigenvalue weighted by Gasteiger charge is 2.26. The topological polar surface area (TPSA) is 63.1 Å². The number of carbonyl (C=O) groups is 1. The highest BCUT2D eigenvalue weighted by molar-refractivity contribution is 7.99. The zero-order valence-electron chi connectivity index (χ0n) is 9.73. The third-order valence-electron chi connectivity index (χ3n) is 2.29. The quantitative estimate of drug-likeness (QED) is 0.632. The molecule has 0 aliphatic carbocycles. The van der Waals surface area contributed by atoms with Crippen LogP contribution in [0.2, 0.25) is 0 Å². The van der Waals surface area contributed by atoms with Crippen LogP contribution in [-0.4, -0.2) is 26.8 Å². The van der Waals surface area contributed by atoms with Crippen molar-refractivity contribution < 1.29 is 9.90 Å². The van der Waals surface area contributed by atoms with Crippen molar-refractivity contribution in [3.05, 3.63) is 18.0 Å². The molecule has 0 saturated carbocycles. The summed E-state index contributed by atoms with van der Waals surface area (Å²) in [7, 11) is 0. The van der Waals surface area contributed by atoms with Gasteiger partial charge in [-0.2, -0.15) is 0 Å². The number of hydrogen-bond donors (Lipinski definition) is 1. The first-order valence-corrected chi connectivity index (χ1v) is 6.05. The Morgan fingerprint density at radius 3 is 2.50 bits per heavy atom. The number of nitrogens with zero attached hydrogens (tertiary/aromatic N) is 2. The van der Waals surface area contributed by atoms with Crippen LogP contribution in [0.3, 0.4) is 0 Å².